The molecule has 122 valence electrons. The van der Waals surface area contributed by atoms with E-state index < -0.39 is 12.0 Å². The van der Waals surface area contributed by atoms with Crippen LogP contribution in [-0.2, 0) is 14.3 Å². The highest BCUT2D eigenvalue weighted by atomic mass is 16.5. The van der Waals surface area contributed by atoms with Crippen LogP contribution in [0.3, 0.4) is 0 Å². The number of carboxylic acid groups (broad SMARTS) is 1. The minimum atomic E-state index is -0.922. The maximum Gasteiger partial charge on any atom is 0.326 e. The number of esters is 1. The molecule has 0 saturated heterocycles. The van der Waals surface area contributed by atoms with Crippen molar-refractivity contribution in [3.8, 4) is 5.75 Å². The van der Waals surface area contributed by atoms with Gasteiger partial charge in [-0.25, -0.2) is 4.79 Å². The third-order valence-corrected chi connectivity index (χ3v) is 3.30. The molecule has 0 bridgehead atoms. The first-order chi connectivity index (χ1) is 10.5. The van der Waals surface area contributed by atoms with Crippen molar-refractivity contribution in [3.63, 3.8) is 0 Å². The minimum Gasteiger partial charge on any atom is -0.497 e. The Morgan fingerprint density at radius 3 is 2.59 bits per heavy atom. The van der Waals surface area contributed by atoms with Crippen LogP contribution in [0.4, 0.5) is 5.69 Å². The van der Waals surface area contributed by atoms with Gasteiger partial charge >= 0.3 is 11.9 Å². The number of hydrogen-bond acceptors (Lipinski definition) is 5. The third kappa shape index (κ3) is 4.95. The lowest BCUT2D eigenvalue weighted by molar-refractivity contribution is -0.143. The molecule has 1 N–H and O–H groups in total. The van der Waals surface area contributed by atoms with E-state index in [0.717, 1.165) is 0 Å². The number of benzene rings is 1. The zero-order valence-electron chi connectivity index (χ0n) is 13.2. The predicted octanol–water partition coefficient (Wildman–Crippen LogP) is 2.32. The number of rotatable bonds is 9. The molecule has 6 nitrogen and oxygen atoms in total. The number of hydrogen-bond donors (Lipinski definition) is 1. The molecule has 0 saturated carbocycles. The molecule has 22 heavy (non-hydrogen) atoms. The summed E-state index contributed by atoms with van der Waals surface area (Å²) < 4.78 is 10.1. The van der Waals surface area contributed by atoms with E-state index in [1.54, 1.807) is 50.1 Å². The van der Waals surface area contributed by atoms with Crippen molar-refractivity contribution in [1.82, 2.24) is 0 Å². The van der Waals surface area contributed by atoms with Gasteiger partial charge in [-0.3, -0.25) is 4.79 Å². The van der Waals surface area contributed by atoms with Crippen LogP contribution < -0.4 is 9.64 Å². The Morgan fingerprint density at radius 1 is 1.32 bits per heavy atom. The van der Waals surface area contributed by atoms with Crippen LogP contribution in [0, 0.1) is 0 Å². The molecule has 1 rings (SSSR count). The predicted molar refractivity (Wildman–Crippen MR) is 83.3 cm³/mol. The van der Waals surface area contributed by atoms with Crippen LogP contribution in [0.2, 0.25) is 0 Å². The van der Waals surface area contributed by atoms with Crippen molar-refractivity contribution in [3.05, 3.63) is 24.3 Å². The molecule has 0 aromatic heterocycles. The summed E-state index contributed by atoms with van der Waals surface area (Å²) >= 11 is 0. The second kappa shape index (κ2) is 8.92. The fraction of sp³-hybridized carbons (Fsp3) is 0.500. The van der Waals surface area contributed by atoms with Gasteiger partial charge in [0.1, 0.15) is 11.8 Å². The van der Waals surface area contributed by atoms with Gasteiger partial charge in [-0.2, -0.15) is 0 Å². The van der Waals surface area contributed by atoms with E-state index in [-0.39, 0.29) is 18.9 Å². The standard InChI is InChI=1S/C16H23NO5/c1-4-14(16(19)20)17(10-9-15(18)22-5-2)12-7-6-8-13(11-12)21-3/h6-8,11,14H,4-5,9-10H2,1-3H3,(H,19,20). The average Bonchev–Trinajstić information content (AvgIpc) is 2.51. The van der Waals surface area contributed by atoms with Crippen LogP contribution >= 0.6 is 0 Å². The SMILES string of the molecule is CCOC(=O)CCN(c1cccc(OC)c1)C(CC)C(=O)O. The highest BCUT2D eigenvalue weighted by Gasteiger charge is 2.25. The Morgan fingerprint density at radius 2 is 2.05 bits per heavy atom. The Labute approximate surface area is 130 Å². The summed E-state index contributed by atoms with van der Waals surface area (Å²) in [5.74, 6) is -0.622. The molecule has 1 aromatic carbocycles. The maximum absolute atomic E-state index is 11.6. The van der Waals surface area contributed by atoms with Gasteiger partial charge < -0.3 is 19.5 Å². The molecule has 0 radical (unpaired) electrons. The minimum absolute atomic E-state index is 0.134. The molecule has 0 aliphatic heterocycles. The van der Waals surface area contributed by atoms with Gasteiger partial charge in [0.2, 0.25) is 0 Å². The van der Waals surface area contributed by atoms with Gasteiger partial charge in [-0.1, -0.05) is 13.0 Å². The summed E-state index contributed by atoms with van der Waals surface area (Å²) in [7, 11) is 1.55. The Balaban J connectivity index is 2.99. The highest BCUT2D eigenvalue weighted by Crippen LogP contribution is 2.24. The Kier molecular flexibility index (Phi) is 7.22. The van der Waals surface area contributed by atoms with Gasteiger partial charge in [-0.05, 0) is 25.5 Å². The number of carboxylic acids is 1. The molecule has 0 heterocycles. The van der Waals surface area contributed by atoms with E-state index >= 15 is 0 Å². The maximum atomic E-state index is 11.6. The summed E-state index contributed by atoms with van der Waals surface area (Å²) in [4.78, 5) is 24.7. The van der Waals surface area contributed by atoms with Crippen LogP contribution in [0.1, 0.15) is 26.7 Å². The van der Waals surface area contributed by atoms with Gasteiger partial charge in [-0.15, -0.1) is 0 Å². The van der Waals surface area contributed by atoms with Gasteiger partial charge in [0.25, 0.3) is 0 Å². The number of methoxy groups -OCH3 is 1. The second-order valence-corrected chi connectivity index (χ2v) is 4.71. The van der Waals surface area contributed by atoms with Crippen molar-refractivity contribution in [2.45, 2.75) is 32.7 Å². The average molecular weight is 309 g/mol. The molecule has 1 aromatic rings. The molecule has 1 atom stereocenters. The van der Waals surface area contributed by atoms with Gasteiger partial charge in [0.15, 0.2) is 0 Å². The molecule has 1 unspecified atom stereocenters. The van der Waals surface area contributed by atoms with Crippen LogP contribution in [0.15, 0.2) is 24.3 Å². The fourth-order valence-corrected chi connectivity index (χ4v) is 2.23. The quantitative estimate of drug-likeness (QED) is 0.706. The number of carbonyl (C=O) groups is 2. The summed E-state index contributed by atoms with van der Waals surface area (Å²) in [6.45, 7) is 4.13. The first kappa shape index (κ1) is 17.8. The van der Waals surface area contributed by atoms with E-state index in [1.807, 2.05) is 0 Å². The van der Waals surface area contributed by atoms with Crippen molar-refractivity contribution in [2.24, 2.45) is 0 Å². The Hall–Kier alpha value is -2.24. The van der Waals surface area contributed by atoms with Crippen molar-refractivity contribution >= 4 is 17.6 Å². The lowest BCUT2D eigenvalue weighted by Gasteiger charge is -2.30. The van der Waals surface area contributed by atoms with E-state index in [9.17, 15) is 14.7 Å². The molecule has 6 heteroatoms. The molecule has 0 spiro atoms. The molecule has 0 aliphatic carbocycles. The topological polar surface area (TPSA) is 76.1 Å². The van der Waals surface area contributed by atoms with Crippen molar-refractivity contribution < 1.29 is 24.2 Å². The van der Waals surface area contributed by atoms with Crippen LogP contribution in [0.5, 0.6) is 5.75 Å². The smallest absolute Gasteiger partial charge is 0.326 e. The lowest BCUT2D eigenvalue weighted by Crippen LogP contribution is -2.42. The second-order valence-electron chi connectivity index (χ2n) is 4.71. The summed E-state index contributed by atoms with van der Waals surface area (Å²) in [5, 5.41) is 9.41. The first-order valence-electron chi connectivity index (χ1n) is 7.32. The van der Waals surface area contributed by atoms with Crippen LogP contribution in [-0.4, -0.2) is 43.3 Å². The van der Waals surface area contributed by atoms with E-state index in [2.05, 4.69) is 0 Å². The molecular formula is C16H23NO5. The highest BCUT2D eigenvalue weighted by molar-refractivity contribution is 5.79. The zero-order valence-corrected chi connectivity index (χ0v) is 13.2. The fourth-order valence-electron chi connectivity index (χ4n) is 2.23. The number of carbonyl (C=O) groups excluding carboxylic acids is 1. The number of aliphatic carboxylic acids is 1. The molecule has 0 amide bonds. The summed E-state index contributed by atoms with van der Waals surface area (Å²) in [6.07, 6.45) is 0.560. The van der Waals surface area contributed by atoms with Crippen molar-refractivity contribution in [1.29, 1.82) is 0 Å². The number of ether oxygens (including phenoxy) is 2. The molecule has 0 aliphatic rings. The van der Waals surface area contributed by atoms with Gasteiger partial charge in [0, 0.05) is 18.3 Å². The molecular weight excluding hydrogens is 286 g/mol. The zero-order chi connectivity index (χ0) is 16.5. The number of nitrogens with zero attached hydrogens (tertiary/aromatic N) is 1. The Bertz CT molecular complexity index is 503. The van der Waals surface area contributed by atoms with Crippen LogP contribution in [0.25, 0.3) is 0 Å². The van der Waals surface area contributed by atoms with E-state index in [1.165, 1.54) is 0 Å². The van der Waals surface area contributed by atoms with Gasteiger partial charge in [0.05, 0.1) is 20.1 Å². The normalized spacial score (nSPS) is 11.6. The lowest BCUT2D eigenvalue weighted by atomic mass is 10.1. The summed E-state index contributed by atoms with van der Waals surface area (Å²) in [6, 6.07) is 6.44. The molecule has 0 fully saturated rings. The number of anilines is 1. The van der Waals surface area contributed by atoms with E-state index in [4.69, 9.17) is 9.47 Å². The third-order valence-electron chi connectivity index (χ3n) is 3.30. The monoisotopic (exact) mass is 309 g/mol. The van der Waals surface area contributed by atoms with Crippen molar-refractivity contribution in [2.75, 3.05) is 25.2 Å². The first-order valence-corrected chi connectivity index (χ1v) is 7.32. The van der Waals surface area contributed by atoms with E-state index in [0.29, 0.717) is 24.5 Å². The largest absolute Gasteiger partial charge is 0.497 e. The summed E-state index contributed by atoms with van der Waals surface area (Å²) in [5.41, 5.74) is 0.706.